The Morgan fingerprint density at radius 3 is 1.43 bits per heavy atom. The summed E-state index contributed by atoms with van der Waals surface area (Å²) in [6.07, 6.45) is 23.2. The van der Waals surface area contributed by atoms with Crippen LogP contribution in [-0.2, 0) is 0 Å². The van der Waals surface area contributed by atoms with Crippen LogP contribution in [0.4, 0.5) is 25.8 Å². The number of piperidine rings is 3. The maximum Gasteiger partial charge on any atom is 0.333 e. The molecule has 0 radical (unpaired) electrons. The Labute approximate surface area is 474 Å². The van der Waals surface area contributed by atoms with Crippen LogP contribution in [0.25, 0.3) is 58.9 Å². The molecular formula is C59H58Br2F2N16. The van der Waals surface area contributed by atoms with Crippen LogP contribution in [0.3, 0.4) is 0 Å². The van der Waals surface area contributed by atoms with Gasteiger partial charge in [-0.2, -0.15) is 34.3 Å². The van der Waals surface area contributed by atoms with Gasteiger partial charge in [-0.1, -0.05) is 24.3 Å². The number of fused-ring (bicyclic) bond motifs is 4. The number of halogens is 4. The fraction of sp³-hybridized carbons (Fsp3) is 0.322. The van der Waals surface area contributed by atoms with Crippen LogP contribution >= 0.6 is 31.9 Å². The summed E-state index contributed by atoms with van der Waals surface area (Å²) in [5.41, 5.74) is 10.8. The van der Waals surface area contributed by atoms with E-state index < -0.39 is 6.55 Å². The van der Waals surface area contributed by atoms with Gasteiger partial charge in [-0.25, -0.2) is 42.5 Å². The van der Waals surface area contributed by atoms with Gasteiger partial charge in [0.05, 0.1) is 69.1 Å². The number of benzene rings is 1. The van der Waals surface area contributed by atoms with E-state index in [-0.39, 0.29) is 16.6 Å². The van der Waals surface area contributed by atoms with Gasteiger partial charge in [-0.15, -0.1) is 0 Å². The second kappa shape index (κ2) is 23.1. The lowest BCUT2D eigenvalue weighted by molar-refractivity contribution is 0.0566. The predicted octanol–water partition coefficient (Wildman–Crippen LogP) is 13.6. The van der Waals surface area contributed by atoms with Gasteiger partial charge < -0.3 is 29.2 Å². The molecule has 0 saturated carbocycles. The maximum absolute atomic E-state index is 12.8. The normalized spacial score (nSPS) is 16.5. The molecule has 0 spiro atoms. The van der Waals surface area contributed by atoms with Crippen LogP contribution < -0.4 is 14.7 Å². The Morgan fingerprint density at radius 1 is 0.468 bits per heavy atom. The van der Waals surface area contributed by atoms with E-state index in [1.807, 2.05) is 135 Å². The number of pyridine rings is 4. The molecule has 13 rings (SSSR count). The zero-order valence-electron chi connectivity index (χ0n) is 44.1. The molecule has 0 atom stereocenters. The van der Waals surface area contributed by atoms with Crippen molar-refractivity contribution in [3.8, 4) is 22.3 Å². The monoisotopic (exact) mass is 1190 g/mol. The molecule has 0 N–H and O–H groups in total. The Morgan fingerprint density at radius 2 is 0.911 bits per heavy atom. The third-order valence-corrected chi connectivity index (χ3v) is 16.7. The van der Waals surface area contributed by atoms with Crippen LogP contribution in [0.1, 0.15) is 65.8 Å². The standard InChI is InChI=1S/C24H22F2N6.C14H15BrN4.C14H16N4.C7H5BrN2/c1-24(27-2)9-12-30(13-10-24)21-4-3-11-31-22(21)20(15-29-31)18-7-5-17(6-8-18)19-14-28-32(16-19)23(25)26;1-14(16-2)5-8-18(9-6-14)12-4-3-7-19-13(12)11(15)10-17-19;1-14(15-2)6-10-17(11-7-14)12-4-3-9-18-13(12)5-8-16-18;8-6-2-1-5-10-7(6)3-4-9-10/h3-8,11,14-16,23H,9-10,12-13H2,1H3;3-4,7,10H,5-6,8-9H2,1H3;3-5,8-9H,6-7,10-11H2,1H3;1-5H. The lowest BCUT2D eigenvalue weighted by Gasteiger charge is -2.34. The van der Waals surface area contributed by atoms with E-state index in [0.29, 0.717) is 10.2 Å². The second-order valence-electron chi connectivity index (χ2n) is 20.8. The van der Waals surface area contributed by atoms with Gasteiger partial charge in [0.15, 0.2) is 0 Å². The predicted molar refractivity (Wildman–Crippen MR) is 313 cm³/mol. The number of anilines is 3. The van der Waals surface area contributed by atoms with E-state index in [4.69, 9.17) is 19.7 Å². The molecule has 0 unspecified atom stereocenters. The van der Waals surface area contributed by atoms with Crippen LogP contribution in [0.15, 0.2) is 156 Å². The average Bonchev–Trinajstić information content (AvgIpc) is 4.47. The van der Waals surface area contributed by atoms with Crippen molar-refractivity contribution in [3.05, 3.63) is 190 Å². The van der Waals surface area contributed by atoms with Crippen LogP contribution in [0.2, 0.25) is 0 Å². The van der Waals surface area contributed by atoms with E-state index in [2.05, 4.69) is 119 Å². The topological polar surface area (TPSA) is 110 Å². The molecule has 3 fully saturated rings. The van der Waals surface area contributed by atoms with E-state index in [0.717, 1.165) is 131 Å². The van der Waals surface area contributed by atoms with Crippen molar-refractivity contribution >= 4 is 71.0 Å². The van der Waals surface area contributed by atoms with Crippen molar-refractivity contribution < 1.29 is 8.78 Å². The van der Waals surface area contributed by atoms with Gasteiger partial charge in [0.25, 0.3) is 0 Å². The highest BCUT2D eigenvalue weighted by Gasteiger charge is 2.38. The van der Waals surface area contributed by atoms with Crippen molar-refractivity contribution in [3.63, 3.8) is 0 Å². The van der Waals surface area contributed by atoms with E-state index in [1.165, 1.54) is 23.8 Å². The maximum atomic E-state index is 12.8. The number of hydrogen-bond acceptors (Lipinski definition) is 8. The Bertz CT molecular complexity index is 3850. The number of rotatable bonds is 6. The summed E-state index contributed by atoms with van der Waals surface area (Å²) in [5, 5.41) is 20.9. The second-order valence-corrected chi connectivity index (χ2v) is 22.6. The van der Waals surface area contributed by atoms with Gasteiger partial charge in [-0.3, -0.25) is 0 Å². The number of alkyl halides is 2. The summed E-state index contributed by atoms with van der Waals surface area (Å²) < 4.78 is 35.9. The van der Waals surface area contributed by atoms with Crippen molar-refractivity contribution in [2.24, 2.45) is 0 Å². The molecule has 79 heavy (non-hydrogen) atoms. The minimum Gasteiger partial charge on any atom is -0.369 e. The Balaban J connectivity index is 0.000000128. The first-order chi connectivity index (χ1) is 38.2. The lowest BCUT2D eigenvalue weighted by atomic mass is 9.90. The molecule has 16 nitrogen and oxygen atoms in total. The molecule has 9 aromatic heterocycles. The molecule has 3 aliphatic heterocycles. The van der Waals surface area contributed by atoms with Gasteiger partial charge >= 0.3 is 6.55 Å². The fourth-order valence-corrected chi connectivity index (χ4v) is 11.3. The quantitative estimate of drug-likeness (QED) is 0.151. The SMILES string of the molecule is Brc1cccn2nccc12.[C-]#[N+]C1(C)CCN(c2cccn3ncc(-c4ccc(-c5cnn(C(F)F)c5)cc4)c23)CC1.[C-]#[N+]C1(C)CCN(c2cccn3ncc(Br)c23)CC1.[C-]#[N+]C1(C)CCN(c2cccn3nccc23)CC1. The summed E-state index contributed by atoms with van der Waals surface area (Å²) in [7, 11) is 0. The van der Waals surface area contributed by atoms with Crippen LogP contribution in [-0.4, -0.2) is 104 Å². The third kappa shape index (κ3) is 11.7. The first-order valence-corrected chi connectivity index (χ1v) is 27.7. The average molecular weight is 1190 g/mol. The largest absolute Gasteiger partial charge is 0.369 e. The molecule has 20 heteroatoms. The van der Waals surface area contributed by atoms with Gasteiger partial charge in [0.1, 0.15) is 5.52 Å². The number of hydrogen-bond donors (Lipinski definition) is 0. The molecule has 3 aliphatic rings. The first-order valence-electron chi connectivity index (χ1n) is 26.1. The van der Waals surface area contributed by atoms with E-state index >= 15 is 0 Å². The minimum absolute atomic E-state index is 0.165. The Kier molecular flexibility index (Phi) is 15.8. The minimum atomic E-state index is -2.65. The highest BCUT2D eigenvalue weighted by atomic mass is 79.9. The molecule has 0 amide bonds. The Hall–Kier alpha value is -8.12. The molecule has 0 bridgehead atoms. The van der Waals surface area contributed by atoms with Crippen molar-refractivity contribution in [1.82, 2.24) is 48.2 Å². The molecule has 12 heterocycles. The summed E-state index contributed by atoms with van der Waals surface area (Å²) in [5.74, 6) is 0. The first kappa shape index (κ1) is 54.2. The molecule has 10 aromatic rings. The highest BCUT2D eigenvalue weighted by molar-refractivity contribution is 9.11. The van der Waals surface area contributed by atoms with Crippen molar-refractivity contribution in [2.75, 3.05) is 54.0 Å². The van der Waals surface area contributed by atoms with Crippen LogP contribution in [0.5, 0.6) is 0 Å². The molecule has 402 valence electrons. The van der Waals surface area contributed by atoms with Crippen LogP contribution in [0, 0.1) is 19.7 Å². The smallest absolute Gasteiger partial charge is 0.333 e. The molecular weight excluding hydrogens is 1130 g/mol. The van der Waals surface area contributed by atoms with Gasteiger partial charge in [0, 0.05) is 145 Å². The van der Waals surface area contributed by atoms with E-state index in [1.54, 1.807) is 6.20 Å². The fourth-order valence-electron chi connectivity index (χ4n) is 10.3. The summed E-state index contributed by atoms with van der Waals surface area (Å²) in [6, 6.07) is 28.1. The number of nitrogens with zero attached hydrogens (tertiary/aromatic N) is 16. The zero-order chi connectivity index (χ0) is 55.3. The molecule has 3 saturated heterocycles. The van der Waals surface area contributed by atoms with E-state index in [9.17, 15) is 8.78 Å². The summed E-state index contributed by atoms with van der Waals surface area (Å²) in [4.78, 5) is 18.4. The van der Waals surface area contributed by atoms with Gasteiger partial charge in [-0.05, 0) is 104 Å². The van der Waals surface area contributed by atoms with Crippen molar-refractivity contribution in [2.45, 2.75) is 82.5 Å². The molecule has 1 aromatic carbocycles. The third-order valence-electron chi connectivity index (χ3n) is 15.5. The van der Waals surface area contributed by atoms with Gasteiger partial charge in [0.2, 0.25) is 16.6 Å². The zero-order valence-corrected chi connectivity index (χ0v) is 47.3. The summed E-state index contributed by atoms with van der Waals surface area (Å²) in [6.45, 7) is 30.9. The summed E-state index contributed by atoms with van der Waals surface area (Å²) >= 11 is 6.98. The molecule has 0 aliphatic carbocycles. The highest BCUT2D eigenvalue weighted by Crippen LogP contribution is 2.38. The lowest BCUT2D eigenvalue weighted by Crippen LogP contribution is -2.40. The van der Waals surface area contributed by atoms with Crippen molar-refractivity contribution in [1.29, 1.82) is 0 Å². The number of aromatic nitrogens is 10.